The molecule has 0 saturated heterocycles. The molecule has 0 radical (unpaired) electrons. The van der Waals surface area contributed by atoms with Crippen LogP contribution in [0.3, 0.4) is 0 Å². The van der Waals surface area contributed by atoms with Gasteiger partial charge in [-0.05, 0) is 44.5 Å². The maximum Gasteiger partial charge on any atom is 0.251 e. The molecule has 0 aromatic heterocycles. The van der Waals surface area contributed by atoms with Crippen LogP contribution in [-0.2, 0) is 11.3 Å². The van der Waals surface area contributed by atoms with E-state index in [1.807, 2.05) is 57.2 Å². The molecule has 0 aliphatic carbocycles. The Morgan fingerprint density at radius 2 is 1.74 bits per heavy atom. The van der Waals surface area contributed by atoms with Gasteiger partial charge in [0.05, 0.1) is 13.2 Å². The molecule has 7 nitrogen and oxygen atoms in total. The van der Waals surface area contributed by atoms with Crippen LogP contribution in [0.2, 0.25) is 0 Å². The summed E-state index contributed by atoms with van der Waals surface area (Å²) in [6, 6.07) is 13.6. The van der Waals surface area contributed by atoms with E-state index in [0.717, 1.165) is 29.0 Å². The van der Waals surface area contributed by atoms with E-state index in [2.05, 4.69) is 27.0 Å². The SMILES string of the molecule is CCNC(=NCc1ccc(C)cc1OCCOC)NCCNC(=O)c1cccc(C)c1. The van der Waals surface area contributed by atoms with Crippen molar-refractivity contribution in [3.63, 3.8) is 0 Å². The van der Waals surface area contributed by atoms with Crippen LogP contribution in [0.4, 0.5) is 0 Å². The van der Waals surface area contributed by atoms with Crippen LogP contribution in [0.1, 0.15) is 34.0 Å². The third kappa shape index (κ3) is 8.68. The summed E-state index contributed by atoms with van der Waals surface area (Å²) in [5, 5.41) is 9.41. The molecule has 0 bridgehead atoms. The predicted octanol–water partition coefficient (Wildman–Crippen LogP) is 2.81. The summed E-state index contributed by atoms with van der Waals surface area (Å²) < 4.78 is 10.9. The predicted molar refractivity (Wildman–Crippen MR) is 125 cm³/mol. The standard InChI is InChI=1S/C24H34N4O3/c1-5-25-24(27-12-11-26-23(29)20-8-6-7-18(2)15-20)28-17-21-10-9-19(3)16-22(21)31-14-13-30-4/h6-10,15-16H,5,11-14,17H2,1-4H3,(H,26,29)(H2,25,27,28). The van der Waals surface area contributed by atoms with E-state index in [1.165, 1.54) is 0 Å². The first-order valence-corrected chi connectivity index (χ1v) is 10.6. The van der Waals surface area contributed by atoms with Crippen LogP contribution in [-0.4, -0.2) is 51.8 Å². The zero-order valence-corrected chi connectivity index (χ0v) is 19.0. The Morgan fingerprint density at radius 3 is 2.48 bits per heavy atom. The fourth-order valence-electron chi connectivity index (χ4n) is 2.91. The minimum absolute atomic E-state index is 0.0788. The maximum absolute atomic E-state index is 12.2. The Bertz CT molecular complexity index is 868. The number of hydrogen-bond acceptors (Lipinski definition) is 4. The number of nitrogens with one attached hydrogen (secondary N) is 3. The number of carbonyl (C=O) groups is 1. The second-order valence-electron chi connectivity index (χ2n) is 7.20. The summed E-state index contributed by atoms with van der Waals surface area (Å²) in [5.41, 5.74) is 3.87. The topological polar surface area (TPSA) is 84.0 Å². The van der Waals surface area contributed by atoms with Gasteiger partial charge in [0, 0.05) is 37.9 Å². The van der Waals surface area contributed by atoms with Gasteiger partial charge in [-0.3, -0.25) is 4.79 Å². The van der Waals surface area contributed by atoms with E-state index in [-0.39, 0.29) is 5.91 Å². The number of rotatable bonds is 11. The van der Waals surface area contributed by atoms with Crippen molar-refractivity contribution in [2.24, 2.45) is 4.99 Å². The molecule has 2 rings (SSSR count). The summed E-state index contributed by atoms with van der Waals surface area (Å²) in [6.07, 6.45) is 0. The lowest BCUT2D eigenvalue weighted by molar-refractivity contribution is 0.0954. The molecular formula is C24H34N4O3. The molecule has 168 valence electrons. The lowest BCUT2D eigenvalue weighted by Crippen LogP contribution is -2.41. The van der Waals surface area contributed by atoms with Crippen molar-refractivity contribution in [2.75, 3.05) is 40.0 Å². The lowest BCUT2D eigenvalue weighted by Gasteiger charge is -2.14. The van der Waals surface area contributed by atoms with E-state index in [0.29, 0.717) is 44.4 Å². The Hall–Kier alpha value is -3.06. The fourth-order valence-corrected chi connectivity index (χ4v) is 2.91. The highest BCUT2D eigenvalue weighted by molar-refractivity contribution is 5.94. The van der Waals surface area contributed by atoms with E-state index in [1.54, 1.807) is 7.11 Å². The third-order valence-electron chi connectivity index (χ3n) is 4.50. The smallest absolute Gasteiger partial charge is 0.251 e. The van der Waals surface area contributed by atoms with Crippen molar-refractivity contribution >= 4 is 11.9 Å². The molecule has 0 aliphatic rings. The molecule has 31 heavy (non-hydrogen) atoms. The number of nitrogens with zero attached hydrogens (tertiary/aromatic N) is 1. The third-order valence-corrected chi connectivity index (χ3v) is 4.50. The highest BCUT2D eigenvalue weighted by Crippen LogP contribution is 2.21. The molecule has 1 amide bonds. The highest BCUT2D eigenvalue weighted by atomic mass is 16.5. The summed E-state index contributed by atoms with van der Waals surface area (Å²) in [5.74, 6) is 1.43. The molecule has 2 aromatic carbocycles. The highest BCUT2D eigenvalue weighted by Gasteiger charge is 2.07. The number of amides is 1. The molecule has 0 fully saturated rings. The van der Waals surface area contributed by atoms with Gasteiger partial charge in [0.25, 0.3) is 5.91 Å². The van der Waals surface area contributed by atoms with Crippen LogP contribution in [0, 0.1) is 13.8 Å². The van der Waals surface area contributed by atoms with Gasteiger partial charge >= 0.3 is 0 Å². The van der Waals surface area contributed by atoms with Crippen molar-refractivity contribution in [3.8, 4) is 5.75 Å². The zero-order chi connectivity index (χ0) is 22.5. The normalized spacial score (nSPS) is 11.2. The largest absolute Gasteiger partial charge is 0.491 e. The van der Waals surface area contributed by atoms with Gasteiger partial charge in [-0.1, -0.05) is 29.8 Å². The first kappa shape index (κ1) is 24.2. The molecule has 3 N–H and O–H groups in total. The first-order valence-electron chi connectivity index (χ1n) is 10.6. The van der Waals surface area contributed by atoms with E-state index < -0.39 is 0 Å². The number of ether oxygens (including phenoxy) is 2. The molecule has 7 heteroatoms. The maximum atomic E-state index is 12.2. The molecule has 2 aromatic rings. The number of benzene rings is 2. The minimum Gasteiger partial charge on any atom is -0.491 e. The van der Waals surface area contributed by atoms with Gasteiger partial charge in [-0.2, -0.15) is 0 Å². The van der Waals surface area contributed by atoms with Crippen molar-refractivity contribution in [2.45, 2.75) is 27.3 Å². The van der Waals surface area contributed by atoms with Gasteiger partial charge in [0.2, 0.25) is 0 Å². The van der Waals surface area contributed by atoms with E-state index >= 15 is 0 Å². The zero-order valence-electron chi connectivity index (χ0n) is 19.0. The van der Waals surface area contributed by atoms with Gasteiger partial charge in [-0.25, -0.2) is 4.99 Å². The number of guanidine groups is 1. The van der Waals surface area contributed by atoms with Crippen LogP contribution in [0.15, 0.2) is 47.5 Å². The molecule has 0 atom stereocenters. The summed E-state index contributed by atoms with van der Waals surface area (Å²) >= 11 is 0. The van der Waals surface area contributed by atoms with Crippen LogP contribution < -0.4 is 20.7 Å². The molecule has 0 unspecified atom stereocenters. The van der Waals surface area contributed by atoms with E-state index in [9.17, 15) is 4.79 Å². The molecule has 0 spiro atoms. The molecule has 0 aliphatic heterocycles. The average Bonchev–Trinajstić information content (AvgIpc) is 2.76. The average molecular weight is 427 g/mol. The number of aliphatic imine (C=N–C) groups is 1. The molecule has 0 saturated carbocycles. The van der Waals surface area contributed by atoms with Gasteiger partial charge in [0.1, 0.15) is 12.4 Å². The minimum atomic E-state index is -0.0788. The Morgan fingerprint density at radius 1 is 0.968 bits per heavy atom. The van der Waals surface area contributed by atoms with Gasteiger partial charge in [-0.15, -0.1) is 0 Å². The number of aryl methyl sites for hydroxylation is 2. The quantitative estimate of drug-likeness (QED) is 0.292. The number of hydrogen-bond donors (Lipinski definition) is 3. The number of methoxy groups -OCH3 is 1. The van der Waals surface area contributed by atoms with E-state index in [4.69, 9.17) is 9.47 Å². The summed E-state index contributed by atoms with van der Waals surface area (Å²) in [6.45, 7) is 9.33. The second-order valence-corrected chi connectivity index (χ2v) is 7.20. The second kappa shape index (κ2) is 13.3. The summed E-state index contributed by atoms with van der Waals surface area (Å²) in [7, 11) is 1.66. The molecule has 0 heterocycles. The Labute approximate surface area is 185 Å². The fraction of sp³-hybridized carbons (Fsp3) is 0.417. The van der Waals surface area contributed by atoms with Crippen molar-refractivity contribution in [3.05, 3.63) is 64.7 Å². The van der Waals surface area contributed by atoms with Crippen molar-refractivity contribution < 1.29 is 14.3 Å². The van der Waals surface area contributed by atoms with Crippen LogP contribution in [0.5, 0.6) is 5.75 Å². The van der Waals surface area contributed by atoms with Crippen molar-refractivity contribution in [1.82, 2.24) is 16.0 Å². The van der Waals surface area contributed by atoms with Gasteiger partial charge < -0.3 is 25.4 Å². The Balaban J connectivity index is 1.89. The van der Waals surface area contributed by atoms with Crippen LogP contribution >= 0.6 is 0 Å². The number of carbonyl (C=O) groups excluding carboxylic acids is 1. The Kier molecular flexibility index (Phi) is 10.4. The first-order chi connectivity index (χ1) is 15.0. The monoisotopic (exact) mass is 426 g/mol. The molecular weight excluding hydrogens is 392 g/mol. The lowest BCUT2D eigenvalue weighted by atomic mass is 10.1. The van der Waals surface area contributed by atoms with Crippen molar-refractivity contribution in [1.29, 1.82) is 0 Å². The van der Waals surface area contributed by atoms with Crippen LogP contribution in [0.25, 0.3) is 0 Å². The van der Waals surface area contributed by atoms with Gasteiger partial charge in [0.15, 0.2) is 5.96 Å². The summed E-state index contributed by atoms with van der Waals surface area (Å²) in [4.78, 5) is 16.9.